The predicted octanol–water partition coefficient (Wildman–Crippen LogP) is 2.83. The van der Waals surface area contributed by atoms with Gasteiger partial charge in [0.1, 0.15) is 6.10 Å². The Labute approximate surface area is 152 Å². The number of nitrogens with one attached hydrogen (secondary N) is 1. The molecule has 1 unspecified atom stereocenters. The van der Waals surface area contributed by atoms with Gasteiger partial charge in [-0.05, 0) is 30.9 Å². The fourth-order valence-electron chi connectivity index (χ4n) is 3.85. The lowest BCUT2D eigenvalue weighted by Crippen LogP contribution is -2.35. The molecule has 1 aromatic rings. The molecule has 3 aliphatic rings. The number of carbonyl (C=O) groups is 2. The zero-order valence-electron chi connectivity index (χ0n) is 14.7. The second-order valence-corrected chi connectivity index (χ2v) is 7.17. The van der Waals surface area contributed by atoms with Gasteiger partial charge in [0.05, 0.1) is 18.8 Å². The first-order valence-electron chi connectivity index (χ1n) is 9.33. The number of ether oxygens (including phenoxy) is 3. The number of hydrogen-bond acceptors (Lipinski definition) is 5. The molecule has 7 heteroatoms. The van der Waals surface area contributed by atoms with Crippen LogP contribution in [0.2, 0.25) is 0 Å². The molecule has 0 spiro atoms. The smallest absolute Gasteiger partial charge is 0.414 e. The lowest BCUT2D eigenvalue weighted by atomic mass is 9.87. The van der Waals surface area contributed by atoms with E-state index in [1.807, 2.05) is 0 Å². The van der Waals surface area contributed by atoms with Crippen LogP contribution in [0, 0.1) is 5.92 Å². The van der Waals surface area contributed by atoms with Crippen LogP contribution in [0.25, 0.3) is 0 Å². The largest absolute Gasteiger partial charge is 0.454 e. The molecular formula is C19H24N2O5. The molecule has 1 aliphatic carbocycles. The van der Waals surface area contributed by atoms with Crippen molar-refractivity contribution < 1.29 is 23.8 Å². The summed E-state index contributed by atoms with van der Waals surface area (Å²) >= 11 is 0. The molecule has 2 aliphatic heterocycles. The summed E-state index contributed by atoms with van der Waals surface area (Å²) in [6.07, 6.45) is 5.84. The van der Waals surface area contributed by atoms with Gasteiger partial charge >= 0.3 is 6.09 Å². The van der Waals surface area contributed by atoms with Crippen molar-refractivity contribution in [3.63, 3.8) is 0 Å². The second-order valence-electron chi connectivity index (χ2n) is 7.17. The van der Waals surface area contributed by atoms with Gasteiger partial charge in [-0.2, -0.15) is 0 Å². The monoisotopic (exact) mass is 360 g/mol. The van der Waals surface area contributed by atoms with Crippen molar-refractivity contribution in [3.05, 3.63) is 18.2 Å². The number of amides is 2. The molecule has 2 amide bonds. The van der Waals surface area contributed by atoms with Gasteiger partial charge in [-0.15, -0.1) is 0 Å². The number of rotatable bonds is 5. The van der Waals surface area contributed by atoms with Crippen molar-refractivity contribution in [3.8, 4) is 11.5 Å². The predicted molar refractivity (Wildman–Crippen MR) is 94.4 cm³/mol. The Morgan fingerprint density at radius 3 is 2.81 bits per heavy atom. The third kappa shape index (κ3) is 3.71. The summed E-state index contributed by atoms with van der Waals surface area (Å²) in [5.41, 5.74) is 0.704. The van der Waals surface area contributed by atoms with Crippen LogP contribution in [0.5, 0.6) is 11.5 Å². The molecule has 2 heterocycles. The number of hydrogen-bond donors (Lipinski definition) is 1. The lowest BCUT2D eigenvalue weighted by molar-refractivity contribution is -0.122. The van der Waals surface area contributed by atoms with Crippen molar-refractivity contribution in [2.24, 2.45) is 5.92 Å². The summed E-state index contributed by atoms with van der Waals surface area (Å²) in [5, 5.41) is 2.92. The molecule has 1 saturated heterocycles. The van der Waals surface area contributed by atoms with Crippen LogP contribution < -0.4 is 19.7 Å². The molecule has 0 bridgehead atoms. The van der Waals surface area contributed by atoms with E-state index in [0.717, 1.165) is 12.8 Å². The molecular weight excluding hydrogens is 336 g/mol. The Hall–Kier alpha value is -2.44. The Balaban J connectivity index is 1.28. The van der Waals surface area contributed by atoms with E-state index < -0.39 is 6.09 Å². The first-order valence-corrected chi connectivity index (χ1v) is 9.33. The molecule has 140 valence electrons. The molecule has 26 heavy (non-hydrogen) atoms. The molecule has 2 fully saturated rings. The lowest BCUT2D eigenvalue weighted by Gasteiger charge is -2.21. The summed E-state index contributed by atoms with van der Waals surface area (Å²) in [6, 6.07) is 5.36. The molecule has 1 saturated carbocycles. The van der Waals surface area contributed by atoms with Gasteiger partial charge in [-0.3, -0.25) is 9.69 Å². The zero-order valence-corrected chi connectivity index (χ0v) is 14.7. The highest BCUT2D eigenvalue weighted by Gasteiger charge is 2.33. The van der Waals surface area contributed by atoms with Gasteiger partial charge in [0.2, 0.25) is 12.7 Å². The number of benzene rings is 1. The maximum Gasteiger partial charge on any atom is 0.414 e. The second kappa shape index (κ2) is 7.43. The molecule has 1 aromatic carbocycles. The van der Waals surface area contributed by atoms with E-state index in [4.69, 9.17) is 14.2 Å². The van der Waals surface area contributed by atoms with Gasteiger partial charge in [0.25, 0.3) is 0 Å². The van der Waals surface area contributed by atoms with Gasteiger partial charge in [-0.25, -0.2) is 4.79 Å². The average Bonchev–Trinajstić information content (AvgIpc) is 3.26. The highest BCUT2D eigenvalue weighted by Crippen LogP contribution is 2.36. The van der Waals surface area contributed by atoms with Crippen molar-refractivity contribution in [1.29, 1.82) is 0 Å². The maximum absolute atomic E-state index is 12.2. The van der Waals surface area contributed by atoms with Crippen LogP contribution in [0.3, 0.4) is 0 Å². The van der Waals surface area contributed by atoms with E-state index in [9.17, 15) is 9.59 Å². The quantitative estimate of drug-likeness (QED) is 0.874. The number of fused-ring (bicyclic) bond motifs is 1. The summed E-state index contributed by atoms with van der Waals surface area (Å²) in [7, 11) is 0. The normalized spacial score (nSPS) is 22.4. The van der Waals surface area contributed by atoms with Crippen molar-refractivity contribution in [2.45, 2.75) is 44.6 Å². The third-order valence-corrected chi connectivity index (χ3v) is 5.27. The average molecular weight is 360 g/mol. The Kier molecular flexibility index (Phi) is 4.86. The molecule has 0 aromatic heterocycles. The topological polar surface area (TPSA) is 77.1 Å². The van der Waals surface area contributed by atoms with Crippen LogP contribution in [0.4, 0.5) is 10.5 Å². The SMILES string of the molecule is O=C(CC1CCCCC1)NCC1CN(c2ccc3c(c2)OCO3)C(=O)O1. The third-order valence-electron chi connectivity index (χ3n) is 5.27. The minimum atomic E-state index is -0.407. The Morgan fingerprint density at radius 2 is 1.96 bits per heavy atom. The summed E-state index contributed by atoms with van der Waals surface area (Å²) < 4.78 is 16.0. The van der Waals surface area contributed by atoms with Gasteiger partial charge < -0.3 is 19.5 Å². The van der Waals surface area contributed by atoms with E-state index in [-0.39, 0.29) is 18.8 Å². The number of anilines is 1. The molecule has 4 rings (SSSR count). The van der Waals surface area contributed by atoms with E-state index in [0.29, 0.717) is 42.6 Å². The fourth-order valence-corrected chi connectivity index (χ4v) is 3.85. The van der Waals surface area contributed by atoms with E-state index in [2.05, 4.69) is 5.32 Å². The van der Waals surface area contributed by atoms with Crippen LogP contribution in [0.15, 0.2) is 18.2 Å². The molecule has 1 N–H and O–H groups in total. The van der Waals surface area contributed by atoms with E-state index in [1.54, 1.807) is 23.1 Å². The molecule has 1 atom stereocenters. The van der Waals surface area contributed by atoms with Gasteiger partial charge in [-0.1, -0.05) is 19.3 Å². The fraction of sp³-hybridized carbons (Fsp3) is 0.579. The number of carbonyl (C=O) groups excluding carboxylic acids is 2. The molecule has 0 radical (unpaired) electrons. The highest BCUT2D eigenvalue weighted by atomic mass is 16.7. The van der Waals surface area contributed by atoms with Crippen molar-refractivity contribution in [1.82, 2.24) is 5.32 Å². The van der Waals surface area contributed by atoms with Crippen LogP contribution >= 0.6 is 0 Å². The van der Waals surface area contributed by atoms with Gasteiger partial charge in [0.15, 0.2) is 11.5 Å². The first kappa shape index (κ1) is 17.0. The summed E-state index contributed by atoms with van der Waals surface area (Å²) in [4.78, 5) is 25.9. The number of nitrogens with zero attached hydrogens (tertiary/aromatic N) is 1. The Morgan fingerprint density at radius 1 is 1.15 bits per heavy atom. The minimum Gasteiger partial charge on any atom is -0.454 e. The molecule has 7 nitrogen and oxygen atoms in total. The summed E-state index contributed by atoms with van der Waals surface area (Å²) in [6.45, 7) is 0.944. The van der Waals surface area contributed by atoms with E-state index >= 15 is 0 Å². The summed E-state index contributed by atoms with van der Waals surface area (Å²) in [5.74, 6) is 1.85. The maximum atomic E-state index is 12.2. The Bertz CT molecular complexity index is 687. The van der Waals surface area contributed by atoms with Crippen LogP contribution in [-0.2, 0) is 9.53 Å². The first-order chi connectivity index (χ1) is 12.7. The number of cyclic esters (lactones) is 1. The minimum absolute atomic E-state index is 0.0504. The van der Waals surface area contributed by atoms with Gasteiger partial charge in [0, 0.05) is 12.5 Å². The standard InChI is InChI=1S/C19H24N2O5/c22-18(8-13-4-2-1-3-5-13)20-10-15-11-21(19(23)26-15)14-6-7-16-17(9-14)25-12-24-16/h6-7,9,13,15H,1-5,8,10-12H2,(H,20,22). The van der Waals surface area contributed by atoms with Crippen molar-refractivity contribution >= 4 is 17.7 Å². The van der Waals surface area contributed by atoms with E-state index in [1.165, 1.54) is 19.3 Å². The van der Waals surface area contributed by atoms with Crippen LogP contribution in [-0.4, -0.2) is 38.0 Å². The van der Waals surface area contributed by atoms with Crippen molar-refractivity contribution in [2.75, 3.05) is 24.8 Å². The zero-order chi connectivity index (χ0) is 17.9. The van der Waals surface area contributed by atoms with Crippen LogP contribution in [0.1, 0.15) is 38.5 Å². The highest BCUT2D eigenvalue weighted by molar-refractivity contribution is 5.90.